The topological polar surface area (TPSA) is 27.3 Å². The van der Waals surface area contributed by atoms with E-state index in [2.05, 4.69) is 46.7 Å². The number of hydrogen-bond acceptors (Lipinski definition) is 2. The highest BCUT2D eigenvalue weighted by molar-refractivity contribution is 7.80. The number of nitrogens with one attached hydrogen (secondary N) is 2. The highest BCUT2D eigenvalue weighted by Gasteiger charge is 2.44. The van der Waals surface area contributed by atoms with Crippen molar-refractivity contribution in [2.24, 2.45) is 0 Å². The van der Waals surface area contributed by atoms with Crippen LogP contribution >= 0.6 is 12.2 Å². The van der Waals surface area contributed by atoms with Crippen molar-refractivity contribution < 1.29 is 0 Å². The quantitative estimate of drug-likeness (QED) is 0.824. The molecule has 2 aliphatic heterocycles. The lowest BCUT2D eigenvalue weighted by molar-refractivity contribution is 0.0209. The summed E-state index contributed by atoms with van der Waals surface area (Å²) in [6.45, 7) is 2.11. The molecule has 2 bridgehead atoms. The Morgan fingerprint density at radius 1 is 1.04 bits per heavy atom. The molecule has 124 valence electrons. The maximum Gasteiger partial charge on any atom is 0.171 e. The van der Waals surface area contributed by atoms with Crippen LogP contribution in [-0.4, -0.2) is 34.2 Å². The first-order valence-electron chi connectivity index (χ1n) is 9.11. The number of piperidine rings is 2. The Labute approximate surface area is 144 Å². The van der Waals surface area contributed by atoms with Crippen LogP contribution < -0.4 is 10.6 Å². The van der Waals surface area contributed by atoms with Crippen LogP contribution in [0.3, 0.4) is 0 Å². The molecular weight excluding hydrogens is 302 g/mol. The van der Waals surface area contributed by atoms with Crippen molar-refractivity contribution >= 4 is 23.0 Å². The third-order valence-electron chi connectivity index (χ3n) is 5.73. The predicted octanol–water partition coefficient (Wildman–Crippen LogP) is 3.83. The fourth-order valence-electron chi connectivity index (χ4n) is 4.56. The molecule has 3 fully saturated rings. The van der Waals surface area contributed by atoms with Gasteiger partial charge in [-0.2, -0.15) is 0 Å². The average molecular weight is 330 g/mol. The van der Waals surface area contributed by atoms with Crippen LogP contribution in [0.15, 0.2) is 24.3 Å². The van der Waals surface area contributed by atoms with E-state index in [1.807, 2.05) is 0 Å². The monoisotopic (exact) mass is 329 g/mol. The van der Waals surface area contributed by atoms with Crippen molar-refractivity contribution in [3.8, 4) is 0 Å². The lowest BCUT2D eigenvalue weighted by atomic mass is 9.81. The maximum absolute atomic E-state index is 5.57. The SMILES string of the molecule is Cc1ccccc1NC(=S)NC1C[C@H]2CCC[C@@H](C1)N2C1CC1. The lowest BCUT2D eigenvalue weighted by Gasteiger charge is -2.49. The van der Waals surface area contributed by atoms with E-state index in [0.29, 0.717) is 6.04 Å². The first-order valence-corrected chi connectivity index (χ1v) is 9.52. The normalized spacial score (nSPS) is 30.7. The van der Waals surface area contributed by atoms with E-state index in [4.69, 9.17) is 12.2 Å². The van der Waals surface area contributed by atoms with Crippen molar-refractivity contribution in [2.45, 2.75) is 76.0 Å². The minimum atomic E-state index is 0.532. The predicted molar refractivity (Wildman–Crippen MR) is 99.8 cm³/mol. The van der Waals surface area contributed by atoms with Gasteiger partial charge in [0.15, 0.2) is 5.11 Å². The molecule has 1 saturated carbocycles. The fraction of sp³-hybridized carbons (Fsp3) is 0.632. The van der Waals surface area contributed by atoms with Gasteiger partial charge in [-0.25, -0.2) is 0 Å². The Kier molecular flexibility index (Phi) is 4.29. The van der Waals surface area contributed by atoms with Crippen LogP contribution in [0.5, 0.6) is 0 Å². The first kappa shape index (κ1) is 15.4. The number of thiocarbonyl (C=S) groups is 1. The molecule has 4 heteroatoms. The number of hydrogen-bond donors (Lipinski definition) is 2. The minimum absolute atomic E-state index is 0.532. The van der Waals surface area contributed by atoms with Gasteiger partial charge in [0.05, 0.1) is 0 Å². The average Bonchev–Trinajstić information content (AvgIpc) is 3.33. The van der Waals surface area contributed by atoms with E-state index in [-0.39, 0.29) is 0 Å². The Morgan fingerprint density at radius 3 is 2.39 bits per heavy atom. The summed E-state index contributed by atoms with van der Waals surface area (Å²) in [5.41, 5.74) is 2.35. The number of nitrogens with zero attached hydrogens (tertiary/aromatic N) is 1. The van der Waals surface area contributed by atoms with Crippen LogP contribution in [0.25, 0.3) is 0 Å². The Hall–Kier alpha value is -1.13. The zero-order valence-electron chi connectivity index (χ0n) is 13.9. The van der Waals surface area contributed by atoms with Gasteiger partial charge in [0.2, 0.25) is 0 Å². The maximum atomic E-state index is 5.57. The fourth-order valence-corrected chi connectivity index (χ4v) is 4.84. The van der Waals surface area contributed by atoms with Crippen LogP contribution in [0.4, 0.5) is 5.69 Å². The molecule has 3 nitrogen and oxygen atoms in total. The van der Waals surface area contributed by atoms with Crippen molar-refractivity contribution in [1.82, 2.24) is 10.2 Å². The van der Waals surface area contributed by atoms with Crippen molar-refractivity contribution in [1.29, 1.82) is 0 Å². The number of rotatable bonds is 3. The van der Waals surface area contributed by atoms with Crippen LogP contribution in [0, 0.1) is 6.92 Å². The molecule has 2 N–H and O–H groups in total. The van der Waals surface area contributed by atoms with E-state index in [0.717, 1.165) is 28.9 Å². The molecule has 1 unspecified atom stereocenters. The summed E-state index contributed by atoms with van der Waals surface area (Å²) >= 11 is 5.57. The van der Waals surface area contributed by atoms with E-state index in [9.17, 15) is 0 Å². The summed E-state index contributed by atoms with van der Waals surface area (Å²) in [6, 6.07) is 11.3. The van der Waals surface area contributed by atoms with Gasteiger partial charge >= 0.3 is 0 Å². The molecule has 3 aliphatic rings. The van der Waals surface area contributed by atoms with Crippen LogP contribution in [0.2, 0.25) is 0 Å². The van der Waals surface area contributed by atoms with Crippen molar-refractivity contribution in [2.75, 3.05) is 5.32 Å². The molecular formula is C19H27N3S. The van der Waals surface area contributed by atoms with E-state index in [1.165, 1.54) is 50.5 Å². The second-order valence-corrected chi connectivity index (χ2v) is 7.91. The van der Waals surface area contributed by atoms with Crippen molar-refractivity contribution in [3.63, 3.8) is 0 Å². The summed E-state index contributed by atoms with van der Waals surface area (Å²) in [7, 11) is 0. The summed E-state index contributed by atoms with van der Waals surface area (Å²) in [5.74, 6) is 0. The zero-order chi connectivity index (χ0) is 15.8. The third kappa shape index (κ3) is 3.38. The Morgan fingerprint density at radius 2 is 1.74 bits per heavy atom. The number of anilines is 1. The largest absolute Gasteiger partial charge is 0.360 e. The summed E-state index contributed by atoms with van der Waals surface area (Å²) in [5, 5.41) is 7.75. The Bertz CT molecular complexity index is 570. The van der Waals surface area contributed by atoms with Gasteiger partial charge < -0.3 is 10.6 Å². The minimum Gasteiger partial charge on any atom is -0.360 e. The number of fused-ring (bicyclic) bond motifs is 2. The molecule has 0 aromatic heterocycles. The van der Waals surface area contributed by atoms with Gasteiger partial charge in [-0.05, 0) is 69.3 Å². The van der Waals surface area contributed by atoms with E-state index >= 15 is 0 Å². The second kappa shape index (κ2) is 6.40. The molecule has 1 aromatic carbocycles. The summed E-state index contributed by atoms with van der Waals surface area (Å²) in [6.07, 6.45) is 9.53. The lowest BCUT2D eigenvalue weighted by Crippen LogP contribution is -2.57. The highest BCUT2D eigenvalue weighted by Crippen LogP contribution is 2.41. The molecule has 2 saturated heterocycles. The second-order valence-electron chi connectivity index (χ2n) is 7.50. The van der Waals surface area contributed by atoms with Gasteiger partial charge in [-0.1, -0.05) is 24.6 Å². The molecule has 0 spiro atoms. The van der Waals surface area contributed by atoms with Gasteiger partial charge in [-0.15, -0.1) is 0 Å². The third-order valence-corrected chi connectivity index (χ3v) is 5.95. The van der Waals surface area contributed by atoms with Gasteiger partial charge in [0, 0.05) is 29.9 Å². The molecule has 3 atom stereocenters. The molecule has 23 heavy (non-hydrogen) atoms. The van der Waals surface area contributed by atoms with Crippen LogP contribution in [-0.2, 0) is 0 Å². The Balaban J connectivity index is 1.36. The molecule has 1 aromatic rings. The zero-order valence-corrected chi connectivity index (χ0v) is 14.7. The smallest absolute Gasteiger partial charge is 0.171 e. The van der Waals surface area contributed by atoms with Gasteiger partial charge in [0.1, 0.15) is 0 Å². The standard InChI is InChI=1S/C19H27N3S/c1-13-5-2-3-8-18(13)21-19(23)20-14-11-16-6-4-7-17(12-14)22(16)15-9-10-15/h2-3,5,8,14-17H,4,6-7,9-12H2,1H3,(H2,20,21,23)/t14?,16-,17+. The molecule has 0 radical (unpaired) electrons. The van der Waals surface area contributed by atoms with Crippen molar-refractivity contribution in [3.05, 3.63) is 29.8 Å². The number of aryl methyl sites for hydroxylation is 1. The molecule has 2 heterocycles. The molecule has 4 rings (SSSR count). The first-order chi connectivity index (χ1) is 11.2. The van der Waals surface area contributed by atoms with E-state index in [1.54, 1.807) is 0 Å². The summed E-state index contributed by atoms with van der Waals surface area (Å²) < 4.78 is 0. The van der Waals surface area contributed by atoms with E-state index < -0.39 is 0 Å². The molecule has 0 amide bonds. The highest BCUT2D eigenvalue weighted by atomic mass is 32.1. The number of benzene rings is 1. The summed E-state index contributed by atoms with van der Waals surface area (Å²) in [4.78, 5) is 2.86. The number of para-hydroxylation sites is 1. The van der Waals surface area contributed by atoms with Gasteiger partial charge in [-0.3, -0.25) is 4.90 Å². The molecule has 1 aliphatic carbocycles. The van der Waals surface area contributed by atoms with Gasteiger partial charge in [0.25, 0.3) is 0 Å². The van der Waals surface area contributed by atoms with Crippen LogP contribution in [0.1, 0.15) is 50.5 Å².